The van der Waals surface area contributed by atoms with E-state index in [1.54, 1.807) is 0 Å². The Balaban J connectivity index is 0.00000400. The maximum absolute atomic E-state index is 14.1. The van der Waals surface area contributed by atoms with Gasteiger partial charge in [0, 0.05) is 49.9 Å². The van der Waals surface area contributed by atoms with E-state index in [1.165, 1.54) is 155 Å². The Bertz CT molecular complexity index is 721. The predicted molar refractivity (Wildman–Crippen MR) is 206 cm³/mol. The molecule has 0 spiro atoms. The van der Waals surface area contributed by atoms with Gasteiger partial charge in [-0.15, -0.1) is 24.8 Å². The van der Waals surface area contributed by atoms with Crippen molar-refractivity contribution in [1.29, 1.82) is 0 Å². The third kappa shape index (κ3) is 14.4. The van der Waals surface area contributed by atoms with Crippen molar-refractivity contribution in [2.24, 2.45) is 23.7 Å². The number of piperidine rings is 4. The first-order valence-electron chi connectivity index (χ1n) is 20.3. The maximum atomic E-state index is 14.1. The summed E-state index contributed by atoms with van der Waals surface area (Å²) in [6.45, 7) is 22.9. The van der Waals surface area contributed by atoms with Crippen LogP contribution in [-0.4, -0.2) is 117 Å². The second kappa shape index (κ2) is 24.8. The lowest BCUT2D eigenvalue weighted by Gasteiger charge is -2.44. The van der Waals surface area contributed by atoms with Gasteiger partial charge in [-0.2, -0.15) is 0 Å². The highest BCUT2D eigenvalue weighted by Crippen LogP contribution is 2.35. The Hall–Kier alpha value is -0.310. The van der Waals surface area contributed by atoms with E-state index in [9.17, 15) is 4.79 Å². The number of ether oxygens (including phenoxy) is 2. The number of hydrogen-bond donors (Lipinski definition) is 0. The molecule has 4 fully saturated rings. The van der Waals surface area contributed by atoms with Crippen molar-refractivity contribution in [2.75, 3.05) is 78.5 Å². The number of rotatable bonds is 18. The van der Waals surface area contributed by atoms with Gasteiger partial charge in [-0.1, -0.05) is 53.4 Å². The van der Waals surface area contributed by atoms with Crippen LogP contribution in [0.1, 0.15) is 130 Å². The van der Waals surface area contributed by atoms with Crippen LogP contribution in [0.25, 0.3) is 0 Å². The minimum Gasteiger partial charge on any atom is -0.430 e. The number of hydrogen-bond acceptors (Lipinski definition) is 7. The SMILES string of the molecule is CCCCN1CCCC(C(OC(=O)OC(C2CCCN(CCCC)C2)C2CCCN(CCCC)C2)C2CCCN(CCCC)C2)C1.Cl.Cl. The van der Waals surface area contributed by atoms with E-state index >= 15 is 0 Å². The molecule has 4 heterocycles. The van der Waals surface area contributed by atoms with Crippen LogP contribution in [-0.2, 0) is 9.47 Å². The molecule has 0 N–H and O–H groups in total. The highest BCUT2D eigenvalue weighted by molar-refractivity contribution is 5.85. The molecule has 0 aromatic heterocycles. The van der Waals surface area contributed by atoms with Crippen molar-refractivity contribution >= 4 is 31.0 Å². The first-order chi connectivity index (χ1) is 22.5. The van der Waals surface area contributed by atoms with Gasteiger partial charge in [-0.25, -0.2) is 4.79 Å². The zero-order valence-corrected chi connectivity index (χ0v) is 33.2. The van der Waals surface area contributed by atoms with Crippen molar-refractivity contribution in [3.05, 3.63) is 0 Å². The van der Waals surface area contributed by atoms with Gasteiger partial charge < -0.3 is 29.1 Å². The van der Waals surface area contributed by atoms with Crippen LogP contribution < -0.4 is 0 Å². The van der Waals surface area contributed by atoms with Gasteiger partial charge in [-0.05, 0) is 129 Å². The third-order valence-electron chi connectivity index (χ3n) is 11.8. The van der Waals surface area contributed by atoms with E-state index in [0.717, 1.165) is 26.2 Å². The molecule has 7 nitrogen and oxygen atoms in total. The second-order valence-electron chi connectivity index (χ2n) is 15.6. The van der Waals surface area contributed by atoms with E-state index in [-0.39, 0.29) is 43.2 Å². The lowest BCUT2D eigenvalue weighted by molar-refractivity contribution is -0.0911. The molecular weight excluding hydrogens is 643 g/mol. The van der Waals surface area contributed by atoms with Gasteiger partial charge in [0.2, 0.25) is 0 Å². The maximum Gasteiger partial charge on any atom is 0.508 e. The van der Waals surface area contributed by atoms with Crippen LogP contribution in [0.3, 0.4) is 0 Å². The van der Waals surface area contributed by atoms with E-state index in [1.807, 2.05) is 0 Å². The minimum atomic E-state index is -0.359. The normalized spacial score (nSPS) is 27.8. The molecule has 48 heavy (non-hydrogen) atoms. The molecule has 9 heteroatoms. The molecule has 284 valence electrons. The molecule has 4 atom stereocenters. The topological polar surface area (TPSA) is 48.5 Å². The number of nitrogens with zero attached hydrogens (tertiary/aromatic N) is 4. The van der Waals surface area contributed by atoms with Gasteiger partial charge in [0.05, 0.1) is 0 Å². The molecular formula is C39H76Cl2N4O3. The molecule has 4 rings (SSSR count). The Kier molecular flexibility index (Phi) is 22.7. The van der Waals surface area contributed by atoms with Gasteiger partial charge in [0.15, 0.2) is 0 Å². The van der Waals surface area contributed by atoms with Gasteiger partial charge in [0.1, 0.15) is 12.2 Å². The number of unbranched alkanes of at least 4 members (excludes halogenated alkanes) is 4. The number of carbonyl (C=O) groups is 1. The monoisotopic (exact) mass is 719 g/mol. The summed E-state index contributed by atoms with van der Waals surface area (Å²) in [6.07, 6.45) is 19.0. The third-order valence-corrected chi connectivity index (χ3v) is 11.8. The summed E-state index contributed by atoms with van der Waals surface area (Å²) in [7, 11) is 0. The molecule has 0 amide bonds. The average molecular weight is 720 g/mol. The fourth-order valence-electron chi connectivity index (χ4n) is 9.18. The standard InChI is InChI=1S/C39H74N4O3.2ClH/c1-5-9-21-40-25-13-17-33(29-40)37(34-18-14-26-41(30-34)22-10-6-2)45-39(44)46-38(35-19-15-27-42(31-35)23-11-7-3)36-20-16-28-43(32-36)24-12-8-4;;/h33-38H,5-32H2,1-4H3;2*1H. The molecule has 0 radical (unpaired) electrons. The van der Waals surface area contributed by atoms with Crippen LogP contribution >= 0.6 is 24.8 Å². The number of halogens is 2. The van der Waals surface area contributed by atoms with Crippen molar-refractivity contribution < 1.29 is 14.3 Å². The van der Waals surface area contributed by atoms with Crippen LogP contribution in [0.5, 0.6) is 0 Å². The largest absolute Gasteiger partial charge is 0.508 e. The number of carbonyl (C=O) groups excluding carboxylic acids is 1. The summed E-state index contributed by atoms with van der Waals surface area (Å²) in [5, 5.41) is 0. The summed E-state index contributed by atoms with van der Waals surface area (Å²) >= 11 is 0. The zero-order valence-electron chi connectivity index (χ0n) is 31.6. The molecule has 0 aliphatic carbocycles. The molecule has 4 aliphatic rings. The average Bonchev–Trinajstić information content (AvgIpc) is 3.09. The van der Waals surface area contributed by atoms with Crippen LogP contribution in [0.4, 0.5) is 4.79 Å². The zero-order chi connectivity index (χ0) is 32.6. The summed E-state index contributed by atoms with van der Waals surface area (Å²) < 4.78 is 13.4. The van der Waals surface area contributed by atoms with E-state index in [0.29, 0.717) is 23.7 Å². The van der Waals surface area contributed by atoms with Crippen LogP contribution in [0, 0.1) is 23.7 Å². The first-order valence-corrected chi connectivity index (χ1v) is 20.3. The Labute approximate surface area is 308 Å². The highest BCUT2D eigenvalue weighted by atomic mass is 35.5. The smallest absolute Gasteiger partial charge is 0.430 e. The molecule has 4 aliphatic heterocycles. The highest BCUT2D eigenvalue weighted by Gasteiger charge is 2.41. The lowest BCUT2D eigenvalue weighted by Crippen LogP contribution is -2.51. The first kappa shape index (κ1) is 43.9. The Morgan fingerprint density at radius 2 is 0.750 bits per heavy atom. The Morgan fingerprint density at radius 1 is 0.500 bits per heavy atom. The second-order valence-corrected chi connectivity index (χ2v) is 15.6. The fraction of sp³-hybridized carbons (Fsp3) is 0.974. The minimum absolute atomic E-state index is 0. The van der Waals surface area contributed by atoms with Gasteiger partial charge in [-0.3, -0.25) is 0 Å². The van der Waals surface area contributed by atoms with Crippen LogP contribution in [0.2, 0.25) is 0 Å². The number of likely N-dealkylation sites (tertiary alicyclic amines) is 4. The van der Waals surface area contributed by atoms with Crippen molar-refractivity contribution in [1.82, 2.24) is 19.6 Å². The molecule has 0 bridgehead atoms. The summed E-state index contributed by atoms with van der Waals surface area (Å²) in [4.78, 5) is 24.8. The van der Waals surface area contributed by atoms with E-state index in [4.69, 9.17) is 9.47 Å². The van der Waals surface area contributed by atoms with Gasteiger partial charge >= 0.3 is 6.16 Å². The van der Waals surface area contributed by atoms with Crippen LogP contribution in [0.15, 0.2) is 0 Å². The molecule has 0 aromatic rings. The van der Waals surface area contributed by atoms with Crippen molar-refractivity contribution in [3.8, 4) is 0 Å². The fourth-order valence-corrected chi connectivity index (χ4v) is 9.18. The molecule has 4 unspecified atom stereocenters. The summed E-state index contributed by atoms with van der Waals surface area (Å²) in [5.74, 6) is 1.63. The van der Waals surface area contributed by atoms with E-state index in [2.05, 4.69) is 47.3 Å². The predicted octanol–water partition coefficient (Wildman–Crippen LogP) is 8.77. The molecule has 0 aromatic carbocycles. The Morgan fingerprint density at radius 3 is 0.979 bits per heavy atom. The van der Waals surface area contributed by atoms with Gasteiger partial charge in [0.25, 0.3) is 0 Å². The van der Waals surface area contributed by atoms with Crippen molar-refractivity contribution in [2.45, 2.75) is 143 Å². The molecule has 0 saturated carbocycles. The summed E-state index contributed by atoms with van der Waals surface area (Å²) in [6, 6.07) is 0. The lowest BCUT2D eigenvalue weighted by atomic mass is 9.81. The summed E-state index contributed by atoms with van der Waals surface area (Å²) in [5.41, 5.74) is 0. The quantitative estimate of drug-likeness (QED) is 0.131. The van der Waals surface area contributed by atoms with E-state index < -0.39 is 0 Å². The van der Waals surface area contributed by atoms with Crippen molar-refractivity contribution in [3.63, 3.8) is 0 Å². The molecule has 4 saturated heterocycles.